The van der Waals surface area contributed by atoms with E-state index in [1.54, 1.807) is 14.2 Å². The standard InChI is InChI=1S/C13H20N2O2S/c1-9-6-10(4-5-12(9)13(14)18)15-7-11(17-3)8-16-2/h4-6,11,15H,7-8H2,1-3H3,(H2,14,18). The number of methoxy groups -OCH3 is 2. The zero-order valence-electron chi connectivity index (χ0n) is 11.0. The van der Waals surface area contributed by atoms with Crippen molar-refractivity contribution < 1.29 is 9.47 Å². The summed E-state index contributed by atoms with van der Waals surface area (Å²) >= 11 is 4.97. The summed E-state index contributed by atoms with van der Waals surface area (Å²) in [4.78, 5) is 0.424. The number of thiocarbonyl (C=S) groups is 1. The van der Waals surface area contributed by atoms with Gasteiger partial charge in [-0.3, -0.25) is 0 Å². The van der Waals surface area contributed by atoms with Gasteiger partial charge in [0.15, 0.2) is 0 Å². The summed E-state index contributed by atoms with van der Waals surface area (Å²) in [5.41, 5.74) is 8.62. The van der Waals surface area contributed by atoms with Crippen molar-refractivity contribution in [3.05, 3.63) is 29.3 Å². The van der Waals surface area contributed by atoms with Crippen LogP contribution in [0.5, 0.6) is 0 Å². The van der Waals surface area contributed by atoms with Crippen LogP contribution in [0.3, 0.4) is 0 Å². The summed E-state index contributed by atoms with van der Waals surface area (Å²) in [5.74, 6) is 0. The fraction of sp³-hybridized carbons (Fsp3) is 0.462. The summed E-state index contributed by atoms with van der Waals surface area (Å²) in [5, 5.41) is 3.30. The predicted molar refractivity (Wildman–Crippen MR) is 78.2 cm³/mol. The Morgan fingerprint density at radius 3 is 2.67 bits per heavy atom. The van der Waals surface area contributed by atoms with Gasteiger partial charge in [0, 0.05) is 32.0 Å². The van der Waals surface area contributed by atoms with Crippen LogP contribution < -0.4 is 11.1 Å². The van der Waals surface area contributed by atoms with E-state index >= 15 is 0 Å². The zero-order valence-corrected chi connectivity index (χ0v) is 11.8. The smallest absolute Gasteiger partial charge is 0.104 e. The van der Waals surface area contributed by atoms with Gasteiger partial charge in [-0.05, 0) is 30.7 Å². The van der Waals surface area contributed by atoms with Crippen LogP contribution in [-0.2, 0) is 9.47 Å². The Balaban J connectivity index is 2.63. The Kier molecular flexibility index (Phi) is 6.04. The third-order valence-corrected chi connectivity index (χ3v) is 2.93. The number of hydrogen-bond acceptors (Lipinski definition) is 4. The van der Waals surface area contributed by atoms with E-state index in [2.05, 4.69) is 5.32 Å². The van der Waals surface area contributed by atoms with Crippen LogP contribution in [0.15, 0.2) is 18.2 Å². The van der Waals surface area contributed by atoms with Crippen LogP contribution in [-0.4, -0.2) is 38.5 Å². The molecule has 0 aliphatic carbocycles. The lowest BCUT2D eigenvalue weighted by molar-refractivity contribution is 0.0365. The average Bonchev–Trinajstić information content (AvgIpc) is 2.34. The molecule has 18 heavy (non-hydrogen) atoms. The minimum atomic E-state index is 0.0329. The number of aryl methyl sites for hydroxylation is 1. The Hall–Kier alpha value is -1.17. The molecule has 0 saturated carbocycles. The number of anilines is 1. The summed E-state index contributed by atoms with van der Waals surface area (Å²) in [7, 11) is 3.33. The van der Waals surface area contributed by atoms with Crippen LogP contribution in [0, 0.1) is 6.92 Å². The van der Waals surface area contributed by atoms with Crippen LogP contribution >= 0.6 is 12.2 Å². The lowest BCUT2D eigenvalue weighted by atomic mass is 10.1. The highest BCUT2D eigenvalue weighted by Crippen LogP contribution is 2.15. The number of rotatable bonds is 7. The van der Waals surface area contributed by atoms with Crippen LogP contribution in [0.4, 0.5) is 5.69 Å². The molecule has 0 saturated heterocycles. The molecule has 0 radical (unpaired) electrons. The number of nitrogens with one attached hydrogen (secondary N) is 1. The lowest BCUT2D eigenvalue weighted by Crippen LogP contribution is -2.26. The van der Waals surface area contributed by atoms with Crippen molar-refractivity contribution in [2.45, 2.75) is 13.0 Å². The first kappa shape index (κ1) is 14.9. The Bertz CT molecular complexity index is 410. The van der Waals surface area contributed by atoms with Crippen molar-refractivity contribution in [2.24, 2.45) is 5.73 Å². The van der Waals surface area contributed by atoms with E-state index in [4.69, 9.17) is 27.4 Å². The van der Waals surface area contributed by atoms with Crippen LogP contribution in [0.25, 0.3) is 0 Å². The minimum Gasteiger partial charge on any atom is -0.389 e. The molecule has 0 bridgehead atoms. The molecule has 1 rings (SSSR count). The number of hydrogen-bond donors (Lipinski definition) is 2. The van der Waals surface area contributed by atoms with Gasteiger partial charge in [0.2, 0.25) is 0 Å². The van der Waals surface area contributed by atoms with E-state index in [-0.39, 0.29) is 6.10 Å². The normalized spacial score (nSPS) is 12.2. The lowest BCUT2D eigenvalue weighted by Gasteiger charge is -2.16. The van der Waals surface area contributed by atoms with E-state index in [9.17, 15) is 0 Å². The van der Waals surface area contributed by atoms with Gasteiger partial charge in [-0.25, -0.2) is 0 Å². The van der Waals surface area contributed by atoms with E-state index in [0.717, 1.165) is 16.8 Å². The van der Waals surface area contributed by atoms with Crippen molar-refractivity contribution in [3.63, 3.8) is 0 Å². The summed E-state index contributed by atoms with van der Waals surface area (Å²) in [6.07, 6.45) is 0.0329. The highest BCUT2D eigenvalue weighted by atomic mass is 32.1. The van der Waals surface area contributed by atoms with Crippen molar-refractivity contribution in [3.8, 4) is 0 Å². The third-order valence-electron chi connectivity index (χ3n) is 2.71. The molecule has 1 atom stereocenters. The van der Waals surface area contributed by atoms with E-state index < -0.39 is 0 Å². The second-order valence-electron chi connectivity index (χ2n) is 4.09. The maximum absolute atomic E-state index is 5.62. The van der Waals surface area contributed by atoms with Gasteiger partial charge in [0.1, 0.15) is 4.99 Å². The van der Waals surface area contributed by atoms with Crippen LogP contribution in [0.1, 0.15) is 11.1 Å². The molecule has 0 aromatic heterocycles. The third kappa shape index (κ3) is 4.25. The topological polar surface area (TPSA) is 56.5 Å². The Morgan fingerprint density at radius 2 is 2.17 bits per heavy atom. The first-order chi connectivity index (χ1) is 8.58. The number of nitrogens with two attached hydrogens (primary N) is 1. The monoisotopic (exact) mass is 268 g/mol. The maximum atomic E-state index is 5.62. The number of benzene rings is 1. The maximum Gasteiger partial charge on any atom is 0.104 e. The number of ether oxygens (including phenoxy) is 2. The molecule has 100 valence electrons. The first-order valence-corrected chi connectivity index (χ1v) is 6.15. The minimum absolute atomic E-state index is 0.0329. The molecule has 0 heterocycles. The van der Waals surface area contributed by atoms with E-state index in [0.29, 0.717) is 18.1 Å². The SMILES string of the molecule is COCC(CNc1ccc(C(N)=S)c(C)c1)OC. The second-order valence-corrected chi connectivity index (χ2v) is 4.53. The van der Waals surface area contributed by atoms with Gasteiger partial charge in [-0.1, -0.05) is 12.2 Å². The Labute approximate surface area is 113 Å². The van der Waals surface area contributed by atoms with Gasteiger partial charge in [-0.2, -0.15) is 0 Å². The molecule has 5 heteroatoms. The van der Waals surface area contributed by atoms with Crippen molar-refractivity contribution >= 4 is 22.9 Å². The van der Waals surface area contributed by atoms with Gasteiger partial charge in [-0.15, -0.1) is 0 Å². The summed E-state index contributed by atoms with van der Waals surface area (Å²) in [6.45, 7) is 3.24. The molecule has 3 N–H and O–H groups in total. The molecule has 0 aliphatic heterocycles. The zero-order chi connectivity index (χ0) is 13.5. The second kappa shape index (κ2) is 7.31. The predicted octanol–water partition coefficient (Wildman–Crippen LogP) is 1.70. The summed E-state index contributed by atoms with van der Waals surface area (Å²) in [6, 6.07) is 5.91. The molecule has 0 aliphatic rings. The quantitative estimate of drug-likeness (QED) is 0.737. The molecule has 1 aromatic carbocycles. The fourth-order valence-corrected chi connectivity index (χ4v) is 1.91. The van der Waals surface area contributed by atoms with Crippen molar-refractivity contribution in [1.82, 2.24) is 0 Å². The van der Waals surface area contributed by atoms with Gasteiger partial charge in [0.05, 0.1) is 12.7 Å². The Morgan fingerprint density at radius 1 is 1.44 bits per heavy atom. The molecule has 1 unspecified atom stereocenters. The van der Waals surface area contributed by atoms with E-state index in [1.165, 1.54) is 0 Å². The van der Waals surface area contributed by atoms with Gasteiger partial charge < -0.3 is 20.5 Å². The summed E-state index contributed by atoms with van der Waals surface area (Å²) < 4.78 is 10.3. The van der Waals surface area contributed by atoms with Gasteiger partial charge in [0.25, 0.3) is 0 Å². The highest BCUT2D eigenvalue weighted by molar-refractivity contribution is 7.80. The largest absolute Gasteiger partial charge is 0.389 e. The van der Waals surface area contributed by atoms with Crippen LogP contribution in [0.2, 0.25) is 0 Å². The molecular formula is C13H20N2O2S. The molecule has 0 fully saturated rings. The molecule has 0 amide bonds. The van der Waals surface area contributed by atoms with E-state index in [1.807, 2.05) is 25.1 Å². The molecule has 4 nitrogen and oxygen atoms in total. The highest BCUT2D eigenvalue weighted by Gasteiger charge is 2.07. The van der Waals surface area contributed by atoms with Crippen molar-refractivity contribution in [1.29, 1.82) is 0 Å². The average molecular weight is 268 g/mol. The fourth-order valence-electron chi connectivity index (χ4n) is 1.68. The molecular weight excluding hydrogens is 248 g/mol. The van der Waals surface area contributed by atoms with Gasteiger partial charge >= 0.3 is 0 Å². The first-order valence-electron chi connectivity index (χ1n) is 5.74. The van der Waals surface area contributed by atoms with Crippen molar-refractivity contribution in [2.75, 3.05) is 32.7 Å². The molecule has 1 aromatic rings. The molecule has 0 spiro atoms.